The first-order chi connectivity index (χ1) is 11.7. The second kappa shape index (κ2) is 5.89. The lowest BCUT2D eigenvalue weighted by Crippen LogP contribution is -1.95. The summed E-state index contributed by atoms with van der Waals surface area (Å²) in [5.41, 5.74) is 3.03. The number of ether oxygens (including phenoxy) is 1. The molecule has 0 atom stereocenters. The predicted molar refractivity (Wildman–Crippen MR) is 95.8 cm³/mol. The summed E-state index contributed by atoms with van der Waals surface area (Å²) < 4.78 is 7.16. The molecule has 2 aromatic heterocycles. The van der Waals surface area contributed by atoms with E-state index in [2.05, 4.69) is 29.3 Å². The average Bonchev–Trinajstić information content (AvgIpc) is 3.15. The fraction of sp³-hybridized carbons (Fsp3) is 0.118. The topological polar surface area (TPSA) is 52.3 Å². The maximum absolute atomic E-state index is 6.13. The Morgan fingerprint density at radius 2 is 1.92 bits per heavy atom. The SMILES string of the molecule is COc1ccc(Cl)cc1-c1nnc2sc(-c3ccccc3C)nn12. The number of aryl methyl sites for hydroxylation is 1. The summed E-state index contributed by atoms with van der Waals surface area (Å²) >= 11 is 7.64. The molecule has 0 aliphatic heterocycles. The summed E-state index contributed by atoms with van der Waals surface area (Å²) in [6.45, 7) is 2.07. The molecule has 0 radical (unpaired) electrons. The Morgan fingerprint density at radius 3 is 2.71 bits per heavy atom. The lowest BCUT2D eigenvalue weighted by Gasteiger charge is -2.06. The molecule has 0 amide bonds. The van der Waals surface area contributed by atoms with Crippen LogP contribution in [0.2, 0.25) is 5.02 Å². The van der Waals surface area contributed by atoms with E-state index in [1.54, 1.807) is 17.7 Å². The standard InChI is InChI=1S/C17H13ClN4OS/c1-10-5-3-4-6-12(10)16-21-22-15(19-20-17(22)24-16)13-9-11(18)7-8-14(13)23-2/h3-9H,1-2H3. The Bertz CT molecular complexity index is 1040. The molecule has 24 heavy (non-hydrogen) atoms. The molecule has 0 saturated carbocycles. The van der Waals surface area contributed by atoms with Crippen molar-refractivity contribution < 1.29 is 4.74 Å². The maximum atomic E-state index is 6.13. The van der Waals surface area contributed by atoms with Gasteiger partial charge < -0.3 is 4.74 Å². The summed E-state index contributed by atoms with van der Waals surface area (Å²) in [7, 11) is 1.62. The summed E-state index contributed by atoms with van der Waals surface area (Å²) in [5.74, 6) is 1.29. The summed E-state index contributed by atoms with van der Waals surface area (Å²) in [5, 5.41) is 14.7. The van der Waals surface area contributed by atoms with Crippen LogP contribution in [0.3, 0.4) is 0 Å². The predicted octanol–water partition coefficient (Wildman–Crippen LogP) is 4.49. The van der Waals surface area contributed by atoms with Crippen molar-refractivity contribution in [3.05, 3.63) is 53.1 Å². The first-order valence-electron chi connectivity index (χ1n) is 7.29. The zero-order valence-electron chi connectivity index (χ0n) is 13.0. The zero-order valence-corrected chi connectivity index (χ0v) is 14.6. The molecule has 5 nitrogen and oxygen atoms in total. The van der Waals surface area contributed by atoms with Crippen LogP contribution in [-0.4, -0.2) is 26.9 Å². The van der Waals surface area contributed by atoms with Crippen LogP contribution in [-0.2, 0) is 0 Å². The Hall–Kier alpha value is -2.44. The van der Waals surface area contributed by atoms with Gasteiger partial charge in [0.05, 0.1) is 12.7 Å². The monoisotopic (exact) mass is 356 g/mol. The van der Waals surface area contributed by atoms with Crippen LogP contribution < -0.4 is 4.74 Å². The first kappa shape index (κ1) is 15.1. The van der Waals surface area contributed by atoms with E-state index in [-0.39, 0.29) is 0 Å². The first-order valence-corrected chi connectivity index (χ1v) is 8.49. The summed E-state index contributed by atoms with van der Waals surface area (Å²) in [4.78, 5) is 0.727. The van der Waals surface area contributed by atoms with Gasteiger partial charge >= 0.3 is 0 Å². The minimum atomic E-state index is 0.608. The Kier molecular flexibility index (Phi) is 3.70. The molecule has 120 valence electrons. The highest BCUT2D eigenvalue weighted by atomic mass is 35.5. The summed E-state index contributed by atoms with van der Waals surface area (Å²) in [6.07, 6.45) is 0. The summed E-state index contributed by atoms with van der Waals surface area (Å²) in [6, 6.07) is 13.5. The van der Waals surface area contributed by atoms with Crippen molar-refractivity contribution in [3.63, 3.8) is 0 Å². The van der Waals surface area contributed by atoms with Crippen LogP contribution in [0.1, 0.15) is 5.56 Å². The van der Waals surface area contributed by atoms with Crippen LogP contribution in [0.5, 0.6) is 5.75 Å². The highest BCUT2D eigenvalue weighted by Gasteiger charge is 2.18. The van der Waals surface area contributed by atoms with E-state index in [9.17, 15) is 0 Å². The van der Waals surface area contributed by atoms with Gasteiger partial charge in [-0.3, -0.25) is 0 Å². The van der Waals surface area contributed by atoms with Crippen LogP contribution in [0.25, 0.3) is 26.9 Å². The van der Waals surface area contributed by atoms with Gasteiger partial charge in [-0.05, 0) is 30.7 Å². The van der Waals surface area contributed by atoms with Crippen molar-refractivity contribution in [2.24, 2.45) is 0 Å². The normalized spacial score (nSPS) is 11.1. The highest BCUT2D eigenvalue weighted by molar-refractivity contribution is 7.19. The quantitative estimate of drug-likeness (QED) is 0.542. The van der Waals surface area contributed by atoms with E-state index in [1.807, 2.05) is 24.3 Å². The number of rotatable bonds is 3. The van der Waals surface area contributed by atoms with Crippen LogP contribution in [0, 0.1) is 6.92 Å². The fourth-order valence-corrected chi connectivity index (χ4v) is 3.66. The molecule has 0 N–H and O–H groups in total. The van der Waals surface area contributed by atoms with E-state index in [0.717, 1.165) is 21.1 Å². The number of fused-ring (bicyclic) bond motifs is 1. The number of halogens is 1. The van der Waals surface area contributed by atoms with Gasteiger partial charge in [0, 0.05) is 10.6 Å². The van der Waals surface area contributed by atoms with Crippen molar-refractivity contribution in [1.82, 2.24) is 19.8 Å². The van der Waals surface area contributed by atoms with Gasteiger partial charge in [-0.1, -0.05) is 47.2 Å². The van der Waals surface area contributed by atoms with E-state index in [1.165, 1.54) is 16.9 Å². The molecule has 0 fully saturated rings. The Labute approximate surface area is 147 Å². The molecular formula is C17H13ClN4OS. The van der Waals surface area contributed by atoms with Crippen molar-refractivity contribution in [2.75, 3.05) is 7.11 Å². The maximum Gasteiger partial charge on any atom is 0.235 e. The van der Waals surface area contributed by atoms with E-state index in [4.69, 9.17) is 21.4 Å². The second-order valence-corrected chi connectivity index (χ2v) is 6.68. The van der Waals surface area contributed by atoms with Crippen LogP contribution in [0.15, 0.2) is 42.5 Å². The second-order valence-electron chi connectivity index (χ2n) is 5.28. The molecule has 0 aliphatic carbocycles. The van der Waals surface area contributed by atoms with Crippen LogP contribution in [0.4, 0.5) is 0 Å². The van der Waals surface area contributed by atoms with E-state index in [0.29, 0.717) is 16.6 Å². The molecule has 0 unspecified atom stereocenters. The Morgan fingerprint density at radius 1 is 1.08 bits per heavy atom. The number of hydrogen-bond acceptors (Lipinski definition) is 5. The minimum absolute atomic E-state index is 0.608. The third-order valence-corrected chi connectivity index (χ3v) is 4.94. The van der Waals surface area contributed by atoms with Crippen molar-refractivity contribution in [3.8, 4) is 27.7 Å². The molecule has 4 rings (SSSR count). The highest BCUT2D eigenvalue weighted by Crippen LogP contribution is 2.34. The largest absolute Gasteiger partial charge is 0.496 e. The lowest BCUT2D eigenvalue weighted by atomic mass is 10.1. The molecule has 2 aromatic carbocycles. The van der Waals surface area contributed by atoms with Gasteiger partial charge in [0.15, 0.2) is 5.82 Å². The van der Waals surface area contributed by atoms with Crippen molar-refractivity contribution in [1.29, 1.82) is 0 Å². The van der Waals surface area contributed by atoms with Gasteiger partial charge in [0.25, 0.3) is 0 Å². The molecule has 2 heterocycles. The lowest BCUT2D eigenvalue weighted by molar-refractivity contribution is 0.416. The minimum Gasteiger partial charge on any atom is -0.496 e. The molecule has 0 saturated heterocycles. The smallest absolute Gasteiger partial charge is 0.235 e. The van der Waals surface area contributed by atoms with Gasteiger partial charge in [0.2, 0.25) is 4.96 Å². The van der Waals surface area contributed by atoms with E-state index < -0.39 is 0 Å². The third kappa shape index (κ3) is 2.44. The van der Waals surface area contributed by atoms with Crippen LogP contribution >= 0.6 is 22.9 Å². The Balaban J connectivity index is 1.90. The number of hydrogen-bond donors (Lipinski definition) is 0. The average molecular weight is 357 g/mol. The number of methoxy groups -OCH3 is 1. The zero-order chi connectivity index (χ0) is 16.7. The molecule has 7 heteroatoms. The van der Waals surface area contributed by atoms with Gasteiger partial charge in [-0.25, -0.2) is 0 Å². The van der Waals surface area contributed by atoms with Crippen molar-refractivity contribution >= 4 is 27.9 Å². The molecule has 0 spiro atoms. The molecular weight excluding hydrogens is 344 g/mol. The van der Waals surface area contributed by atoms with Crippen molar-refractivity contribution in [2.45, 2.75) is 6.92 Å². The number of nitrogens with zero attached hydrogens (tertiary/aromatic N) is 4. The van der Waals surface area contributed by atoms with E-state index >= 15 is 0 Å². The third-order valence-electron chi connectivity index (χ3n) is 3.77. The molecule has 0 aliphatic rings. The van der Waals surface area contributed by atoms with Gasteiger partial charge in [-0.15, -0.1) is 10.2 Å². The number of benzene rings is 2. The number of aromatic nitrogens is 4. The molecule has 0 bridgehead atoms. The fourth-order valence-electron chi connectivity index (χ4n) is 2.56. The van der Waals surface area contributed by atoms with Gasteiger partial charge in [-0.2, -0.15) is 9.61 Å². The van der Waals surface area contributed by atoms with Gasteiger partial charge in [0.1, 0.15) is 10.8 Å². The molecule has 4 aromatic rings.